The highest BCUT2D eigenvalue weighted by Gasteiger charge is 2.19. The Hall–Kier alpha value is -1.10. The third kappa shape index (κ3) is 2.44. The van der Waals surface area contributed by atoms with E-state index >= 15 is 0 Å². The first-order valence-electron chi connectivity index (χ1n) is 5.68. The molecule has 1 aliphatic rings. The summed E-state index contributed by atoms with van der Waals surface area (Å²) in [5.74, 6) is -0.444. The summed E-state index contributed by atoms with van der Waals surface area (Å²) in [6, 6.07) is 3.40. The molecule has 0 amide bonds. The van der Waals surface area contributed by atoms with Gasteiger partial charge in [0.2, 0.25) is 0 Å². The van der Waals surface area contributed by atoms with Crippen LogP contribution in [0.3, 0.4) is 0 Å². The van der Waals surface area contributed by atoms with Gasteiger partial charge in [-0.2, -0.15) is 0 Å². The number of nitrogens with one attached hydrogen (secondary N) is 1. The highest BCUT2D eigenvalue weighted by Crippen LogP contribution is 2.30. The zero-order valence-corrected chi connectivity index (χ0v) is 11.1. The van der Waals surface area contributed by atoms with Crippen LogP contribution in [0.25, 0.3) is 0 Å². The predicted octanol–water partition coefficient (Wildman–Crippen LogP) is 2.86. The highest BCUT2D eigenvalue weighted by atomic mass is 79.9. The summed E-state index contributed by atoms with van der Waals surface area (Å²) >= 11 is 3.18. The van der Waals surface area contributed by atoms with Crippen LogP contribution in [0.4, 0.5) is 10.1 Å². The molecule has 3 nitrogen and oxygen atoms in total. The molecule has 0 spiro atoms. The van der Waals surface area contributed by atoms with Crippen molar-refractivity contribution in [2.75, 3.05) is 18.0 Å². The maximum absolute atomic E-state index is 14.2. The van der Waals surface area contributed by atoms with Gasteiger partial charge >= 0.3 is 0 Å². The number of piperidine rings is 1. The van der Waals surface area contributed by atoms with Crippen LogP contribution in [0, 0.1) is 11.2 Å². The van der Waals surface area contributed by atoms with Gasteiger partial charge in [0, 0.05) is 18.7 Å². The summed E-state index contributed by atoms with van der Waals surface area (Å²) in [4.78, 5) is 2.05. The maximum Gasteiger partial charge on any atom is 0.161 e. The molecule has 1 fully saturated rings. The zero-order valence-electron chi connectivity index (χ0n) is 9.47. The number of rotatable bonds is 2. The van der Waals surface area contributed by atoms with Crippen LogP contribution in [0.2, 0.25) is 0 Å². The summed E-state index contributed by atoms with van der Waals surface area (Å²) in [6.07, 6.45) is 3.42. The molecule has 92 valence electrons. The highest BCUT2D eigenvalue weighted by molar-refractivity contribution is 9.10. The van der Waals surface area contributed by atoms with Crippen molar-refractivity contribution in [3.63, 3.8) is 0 Å². The molecule has 0 radical (unpaired) electrons. The summed E-state index contributed by atoms with van der Waals surface area (Å²) in [5, 5.41) is 7.36. The van der Waals surface area contributed by atoms with Crippen molar-refractivity contribution in [1.29, 1.82) is 5.41 Å². The fourth-order valence-electron chi connectivity index (χ4n) is 2.13. The van der Waals surface area contributed by atoms with E-state index in [1.165, 1.54) is 6.42 Å². The van der Waals surface area contributed by atoms with Gasteiger partial charge in [0.15, 0.2) is 5.82 Å². The van der Waals surface area contributed by atoms with Gasteiger partial charge in [-0.15, -0.1) is 0 Å². The average Bonchev–Trinajstić information content (AvgIpc) is 2.33. The molecule has 5 heteroatoms. The second-order valence-corrected chi connectivity index (χ2v) is 5.01. The zero-order chi connectivity index (χ0) is 12.4. The quantitative estimate of drug-likeness (QED) is 0.652. The third-order valence-corrected chi connectivity index (χ3v) is 3.82. The van der Waals surface area contributed by atoms with Crippen molar-refractivity contribution in [3.05, 3.63) is 28.0 Å². The van der Waals surface area contributed by atoms with Crippen LogP contribution in [0.1, 0.15) is 24.8 Å². The lowest BCUT2D eigenvalue weighted by Crippen LogP contribution is -2.30. The largest absolute Gasteiger partial charge is 0.384 e. The Bertz CT molecular complexity index is 442. The van der Waals surface area contributed by atoms with Crippen molar-refractivity contribution in [2.24, 2.45) is 5.73 Å². The van der Waals surface area contributed by atoms with Crippen molar-refractivity contribution < 1.29 is 4.39 Å². The van der Waals surface area contributed by atoms with E-state index in [4.69, 9.17) is 11.1 Å². The fourth-order valence-corrected chi connectivity index (χ4v) is 2.68. The first kappa shape index (κ1) is 12.4. The molecule has 1 aromatic rings. The molecule has 0 aromatic heterocycles. The number of nitrogens with zero attached hydrogens (tertiary/aromatic N) is 1. The lowest BCUT2D eigenvalue weighted by Gasteiger charge is -2.29. The van der Waals surface area contributed by atoms with E-state index in [0.29, 0.717) is 11.3 Å². The Labute approximate surface area is 108 Å². The van der Waals surface area contributed by atoms with Gasteiger partial charge in [-0.05, 0) is 47.3 Å². The Kier molecular flexibility index (Phi) is 3.66. The van der Waals surface area contributed by atoms with Gasteiger partial charge in [-0.3, -0.25) is 5.41 Å². The van der Waals surface area contributed by atoms with Gasteiger partial charge in [0.1, 0.15) is 5.84 Å². The number of anilines is 1. The van der Waals surface area contributed by atoms with Crippen LogP contribution in [0.5, 0.6) is 0 Å². The summed E-state index contributed by atoms with van der Waals surface area (Å²) in [7, 11) is 0. The fraction of sp³-hybridized carbons (Fsp3) is 0.417. The van der Waals surface area contributed by atoms with Gasteiger partial charge in [-0.1, -0.05) is 0 Å². The van der Waals surface area contributed by atoms with Gasteiger partial charge < -0.3 is 10.6 Å². The van der Waals surface area contributed by atoms with E-state index in [1.54, 1.807) is 12.1 Å². The molecule has 3 N–H and O–H groups in total. The minimum atomic E-state index is -0.320. The summed E-state index contributed by atoms with van der Waals surface area (Å²) < 4.78 is 14.5. The number of nitrogen functional groups attached to an aromatic ring is 1. The normalized spacial score (nSPS) is 16.0. The van der Waals surface area contributed by atoms with E-state index in [2.05, 4.69) is 15.9 Å². The minimum absolute atomic E-state index is 0.124. The number of hydrogen-bond acceptors (Lipinski definition) is 2. The van der Waals surface area contributed by atoms with Crippen LogP contribution in [-0.4, -0.2) is 18.9 Å². The Morgan fingerprint density at radius 2 is 1.94 bits per heavy atom. The Balaban J connectivity index is 2.36. The number of hydrogen-bond donors (Lipinski definition) is 2. The molecular weight excluding hydrogens is 285 g/mol. The molecule has 2 rings (SSSR count). The minimum Gasteiger partial charge on any atom is -0.384 e. The Morgan fingerprint density at radius 1 is 1.29 bits per heavy atom. The molecule has 0 saturated carbocycles. The first-order valence-corrected chi connectivity index (χ1v) is 6.48. The van der Waals surface area contributed by atoms with Crippen molar-refractivity contribution in [3.8, 4) is 0 Å². The molecule has 0 atom stereocenters. The molecule has 0 bridgehead atoms. The van der Waals surface area contributed by atoms with E-state index in [1.807, 2.05) is 4.90 Å². The van der Waals surface area contributed by atoms with Gasteiger partial charge in [-0.25, -0.2) is 4.39 Å². The molecule has 1 aliphatic heterocycles. The van der Waals surface area contributed by atoms with Crippen molar-refractivity contribution >= 4 is 27.5 Å². The number of nitrogens with two attached hydrogens (primary N) is 1. The second-order valence-electron chi connectivity index (χ2n) is 4.22. The lowest BCUT2D eigenvalue weighted by molar-refractivity contribution is 0.555. The molecule has 17 heavy (non-hydrogen) atoms. The van der Waals surface area contributed by atoms with E-state index in [9.17, 15) is 4.39 Å². The predicted molar refractivity (Wildman–Crippen MR) is 71.2 cm³/mol. The summed E-state index contributed by atoms with van der Waals surface area (Å²) in [6.45, 7) is 1.78. The molecule has 0 aliphatic carbocycles. The monoisotopic (exact) mass is 299 g/mol. The van der Waals surface area contributed by atoms with Crippen molar-refractivity contribution in [1.82, 2.24) is 0 Å². The Morgan fingerprint density at radius 3 is 2.53 bits per heavy atom. The topological polar surface area (TPSA) is 53.1 Å². The van der Waals surface area contributed by atoms with E-state index in [0.717, 1.165) is 25.9 Å². The third-order valence-electron chi connectivity index (χ3n) is 3.05. The average molecular weight is 300 g/mol. The number of amidine groups is 1. The van der Waals surface area contributed by atoms with E-state index in [-0.39, 0.29) is 16.1 Å². The van der Waals surface area contributed by atoms with Crippen LogP contribution >= 0.6 is 15.9 Å². The van der Waals surface area contributed by atoms with E-state index < -0.39 is 0 Å². The molecular formula is C12H15BrFN3. The number of halogens is 2. The van der Waals surface area contributed by atoms with Gasteiger partial charge in [0.25, 0.3) is 0 Å². The van der Waals surface area contributed by atoms with Crippen LogP contribution in [-0.2, 0) is 0 Å². The molecule has 1 aromatic carbocycles. The van der Waals surface area contributed by atoms with Crippen LogP contribution < -0.4 is 10.6 Å². The summed E-state index contributed by atoms with van der Waals surface area (Å²) in [5.41, 5.74) is 6.39. The molecule has 1 saturated heterocycles. The molecule has 1 heterocycles. The smallest absolute Gasteiger partial charge is 0.161 e. The van der Waals surface area contributed by atoms with Crippen LogP contribution in [0.15, 0.2) is 16.6 Å². The number of benzene rings is 1. The SMILES string of the molecule is N=C(N)c1ccc(N2CCCCC2)c(F)c1Br. The van der Waals surface area contributed by atoms with Gasteiger partial charge in [0.05, 0.1) is 10.2 Å². The maximum atomic E-state index is 14.2. The first-order chi connectivity index (χ1) is 8.11. The molecule has 0 unspecified atom stereocenters. The standard InChI is InChI=1S/C12H15BrFN3/c13-10-8(12(15)16)4-5-9(11(10)14)17-6-2-1-3-7-17/h4-5H,1-3,6-7H2,(H3,15,16). The second kappa shape index (κ2) is 5.04. The lowest BCUT2D eigenvalue weighted by atomic mass is 10.1. The van der Waals surface area contributed by atoms with Crippen molar-refractivity contribution in [2.45, 2.75) is 19.3 Å².